The fourth-order valence-electron chi connectivity index (χ4n) is 2.21. The molecular weight excluding hydrogens is 232 g/mol. The van der Waals surface area contributed by atoms with Crippen molar-refractivity contribution in [3.05, 3.63) is 24.3 Å². The van der Waals surface area contributed by atoms with E-state index in [0.717, 1.165) is 0 Å². The number of carbonyl (C=O) groups excluding carboxylic acids is 1. The average Bonchev–Trinajstić information content (AvgIpc) is 2.53. The molecule has 0 saturated carbocycles. The van der Waals surface area contributed by atoms with Gasteiger partial charge in [0.2, 0.25) is 5.91 Å². The van der Waals surface area contributed by atoms with Crippen LogP contribution >= 0.6 is 11.8 Å². The molecule has 1 heterocycles. The van der Waals surface area contributed by atoms with Crippen LogP contribution in [0.4, 0.5) is 5.69 Å². The minimum Gasteiger partial charge on any atom is -0.370 e. The smallest absolute Gasteiger partial charge is 0.220 e. The molecule has 2 rings (SSSR count). The van der Waals surface area contributed by atoms with Gasteiger partial charge in [-0.3, -0.25) is 4.79 Å². The summed E-state index contributed by atoms with van der Waals surface area (Å²) in [5.41, 5.74) is 6.52. The van der Waals surface area contributed by atoms with Crippen molar-refractivity contribution < 1.29 is 4.79 Å². The first kappa shape index (κ1) is 12.3. The second-order valence-electron chi connectivity index (χ2n) is 5.25. The number of carbonyl (C=O) groups is 1. The van der Waals surface area contributed by atoms with E-state index < -0.39 is 0 Å². The Kier molecular flexibility index (Phi) is 3.08. The number of benzene rings is 1. The molecule has 0 radical (unpaired) electrons. The molecule has 17 heavy (non-hydrogen) atoms. The van der Waals surface area contributed by atoms with Gasteiger partial charge in [-0.1, -0.05) is 23.9 Å². The number of amides is 1. The summed E-state index contributed by atoms with van der Waals surface area (Å²) in [6.45, 7) is 6.47. The zero-order valence-electron chi connectivity index (χ0n) is 10.4. The molecule has 4 heteroatoms. The van der Waals surface area contributed by atoms with Crippen molar-refractivity contribution >= 4 is 23.4 Å². The molecule has 0 saturated heterocycles. The van der Waals surface area contributed by atoms with Crippen LogP contribution in [0.15, 0.2) is 29.2 Å². The fraction of sp³-hybridized carbons (Fsp3) is 0.462. The van der Waals surface area contributed by atoms with Crippen molar-refractivity contribution in [1.29, 1.82) is 0 Å². The fourth-order valence-corrected chi connectivity index (χ4v) is 3.73. The molecule has 0 aromatic heterocycles. The van der Waals surface area contributed by atoms with E-state index in [4.69, 9.17) is 5.73 Å². The molecule has 1 aromatic carbocycles. The summed E-state index contributed by atoms with van der Waals surface area (Å²) in [6.07, 6.45) is 0.386. The Balaban J connectivity index is 2.37. The topological polar surface area (TPSA) is 46.3 Å². The predicted octanol–water partition coefficient (Wildman–Crippen LogP) is 2.60. The van der Waals surface area contributed by atoms with Gasteiger partial charge in [0.25, 0.3) is 0 Å². The van der Waals surface area contributed by atoms with Crippen LogP contribution in [0.5, 0.6) is 0 Å². The molecule has 0 aliphatic carbocycles. The Bertz CT molecular complexity index is 439. The third kappa shape index (κ3) is 2.41. The number of para-hydroxylation sites is 1. The molecule has 1 amide bonds. The van der Waals surface area contributed by atoms with Gasteiger partial charge in [0.05, 0.1) is 17.5 Å². The summed E-state index contributed by atoms with van der Waals surface area (Å²) >= 11 is 1.72. The zero-order chi connectivity index (χ0) is 12.6. The number of hydrogen-bond donors (Lipinski definition) is 1. The zero-order valence-corrected chi connectivity index (χ0v) is 11.3. The molecule has 1 aromatic rings. The van der Waals surface area contributed by atoms with Gasteiger partial charge >= 0.3 is 0 Å². The summed E-state index contributed by atoms with van der Waals surface area (Å²) in [4.78, 5) is 14.7. The van der Waals surface area contributed by atoms with Crippen molar-refractivity contribution in [1.82, 2.24) is 0 Å². The van der Waals surface area contributed by atoms with Crippen molar-refractivity contribution in [2.45, 2.75) is 43.0 Å². The second kappa shape index (κ2) is 4.26. The number of primary amides is 1. The average molecular weight is 250 g/mol. The molecule has 0 fully saturated rings. The van der Waals surface area contributed by atoms with Crippen LogP contribution in [0.2, 0.25) is 0 Å². The minimum atomic E-state index is -0.246. The van der Waals surface area contributed by atoms with E-state index >= 15 is 0 Å². The lowest BCUT2D eigenvalue weighted by Crippen LogP contribution is -2.46. The van der Waals surface area contributed by atoms with E-state index in [2.05, 4.69) is 37.8 Å². The molecular formula is C13H18N2OS. The maximum atomic E-state index is 11.2. The van der Waals surface area contributed by atoms with Gasteiger partial charge in [0.1, 0.15) is 0 Å². The SMILES string of the molecule is CC(C)(C)N1c2ccccc2SC1CC(N)=O. The Morgan fingerprint density at radius 3 is 2.65 bits per heavy atom. The summed E-state index contributed by atoms with van der Waals surface area (Å²) in [7, 11) is 0. The lowest BCUT2D eigenvalue weighted by atomic mass is 10.0. The number of fused-ring (bicyclic) bond motifs is 1. The monoisotopic (exact) mass is 250 g/mol. The van der Waals surface area contributed by atoms with E-state index in [1.54, 1.807) is 11.8 Å². The lowest BCUT2D eigenvalue weighted by Gasteiger charge is -2.38. The summed E-state index contributed by atoms with van der Waals surface area (Å²) in [6, 6.07) is 8.26. The van der Waals surface area contributed by atoms with Crippen LogP contribution < -0.4 is 10.6 Å². The molecule has 1 unspecified atom stereocenters. The van der Waals surface area contributed by atoms with Crippen LogP contribution in [0, 0.1) is 0 Å². The highest BCUT2D eigenvalue weighted by molar-refractivity contribution is 8.00. The van der Waals surface area contributed by atoms with Gasteiger partial charge in [0.15, 0.2) is 0 Å². The minimum absolute atomic E-state index is 0.0142. The summed E-state index contributed by atoms with van der Waals surface area (Å²) in [5.74, 6) is -0.246. The van der Waals surface area contributed by atoms with E-state index in [1.807, 2.05) is 12.1 Å². The van der Waals surface area contributed by atoms with Gasteiger partial charge in [-0.05, 0) is 32.9 Å². The second-order valence-corrected chi connectivity index (χ2v) is 6.47. The molecule has 1 aliphatic heterocycles. The van der Waals surface area contributed by atoms with Crippen LogP contribution in [0.1, 0.15) is 27.2 Å². The predicted molar refractivity (Wildman–Crippen MR) is 72.1 cm³/mol. The van der Waals surface area contributed by atoms with Gasteiger partial charge in [-0.25, -0.2) is 0 Å². The number of hydrogen-bond acceptors (Lipinski definition) is 3. The van der Waals surface area contributed by atoms with Crippen molar-refractivity contribution in [3.8, 4) is 0 Å². The van der Waals surface area contributed by atoms with Crippen LogP contribution in [-0.2, 0) is 4.79 Å². The first-order valence-corrected chi connectivity index (χ1v) is 6.61. The van der Waals surface area contributed by atoms with Gasteiger partial charge in [0, 0.05) is 10.4 Å². The first-order valence-electron chi connectivity index (χ1n) is 5.73. The van der Waals surface area contributed by atoms with Crippen LogP contribution in [0.3, 0.4) is 0 Å². The van der Waals surface area contributed by atoms with Gasteiger partial charge < -0.3 is 10.6 Å². The highest BCUT2D eigenvalue weighted by atomic mass is 32.2. The quantitative estimate of drug-likeness (QED) is 0.877. The van der Waals surface area contributed by atoms with E-state index in [0.29, 0.717) is 6.42 Å². The van der Waals surface area contributed by atoms with E-state index in [-0.39, 0.29) is 16.8 Å². The largest absolute Gasteiger partial charge is 0.370 e. The summed E-state index contributed by atoms with van der Waals surface area (Å²) in [5, 5.41) is 0.116. The molecule has 2 N–H and O–H groups in total. The Morgan fingerprint density at radius 1 is 1.41 bits per heavy atom. The highest BCUT2D eigenvalue weighted by Crippen LogP contribution is 2.47. The number of thioether (sulfide) groups is 1. The maximum absolute atomic E-state index is 11.2. The Morgan fingerprint density at radius 2 is 2.06 bits per heavy atom. The third-order valence-electron chi connectivity index (χ3n) is 2.77. The van der Waals surface area contributed by atoms with E-state index in [1.165, 1.54) is 10.6 Å². The van der Waals surface area contributed by atoms with Crippen molar-refractivity contribution in [2.24, 2.45) is 5.73 Å². The van der Waals surface area contributed by atoms with Gasteiger partial charge in [-0.2, -0.15) is 0 Å². The van der Waals surface area contributed by atoms with Crippen LogP contribution in [0.25, 0.3) is 0 Å². The molecule has 3 nitrogen and oxygen atoms in total. The molecule has 92 valence electrons. The third-order valence-corrected chi connectivity index (χ3v) is 4.02. The molecule has 1 atom stereocenters. The number of rotatable bonds is 2. The Hall–Kier alpha value is -1.16. The maximum Gasteiger partial charge on any atom is 0.220 e. The van der Waals surface area contributed by atoms with Crippen molar-refractivity contribution in [3.63, 3.8) is 0 Å². The van der Waals surface area contributed by atoms with Crippen molar-refractivity contribution in [2.75, 3.05) is 4.90 Å². The standard InChI is InChI=1S/C13H18N2OS/c1-13(2,3)15-9-6-4-5-7-10(9)17-12(15)8-11(14)16/h4-7,12H,8H2,1-3H3,(H2,14,16). The Labute approximate surface area is 106 Å². The number of anilines is 1. The molecule has 0 spiro atoms. The number of nitrogens with zero attached hydrogens (tertiary/aromatic N) is 1. The van der Waals surface area contributed by atoms with E-state index in [9.17, 15) is 4.79 Å². The number of nitrogens with two attached hydrogens (primary N) is 1. The molecule has 1 aliphatic rings. The van der Waals surface area contributed by atoms with Gasteiger partial charge in [-0.15, -0.1) is 0 Å². The normalized spacial score (nSPS) is 19.2. The van der Waals surface area contributed by atoms with Crippen LogP contribution in [-0.4, -0.2) is 16.8 Å². The lowest BCUT2D eigenvalue weighted by molar-refractivity contribution is -0.118. The summed E-state index contributed by atoms with van der Waals surface area (Å²) < 4.78 is 0. The first-order chi connectivity index (χ1) is 7.89. The highest BCUT2D eigenvalue weighted by Gasteiger charge is 2.37. The molecule has 0 bridgehead atoms.